The van der Waals surface area contributed by atoms with E-state index in [2.05, 4.69) is 10.3 Å². The predicted molar refractivity (Wildman–Crippen MR) is 99.9 cm³/mol. The normalized spacial score (nSPS) is 11.3. The Morgan fingerprint density at radius 2 is 2.17 bits per heavy atom. The third-order valence-electron chi connectivity index (χ3n) is 3.51. The molecule has 5 nitrogen and oxygen atoms in total. The molecule has 24 heavy (non-hydrogen) atoms. The molecule has 1 aliphatic rings. The van der Waals surface area contributed by atoms with Gasteiger partial charge in [0.25, 0.3) is 0 Å². The number of pyridine rings is 1. The lowest BCUT2D eigenvalue weighted by Crippen LogP contribution is -2.12. The van der Waals surface area contributed by atoms with Crippen LogP contribution in [-0.2, 0) is 11.4 Å². The van der Waals surface area contributed by atoms with Gasteiger partial charge in [0, 0.05) is 47.4 Å². The van der Waals surface area contributed by atoms with E-state index in [1.54, 1.807) is 6.20 Å². The van der Waals surface area contributed by atoms with Gasteiger partial charge in [-0.05, 0) is 30.2 Å². The molecular formula is C18H23N3O2S. The van der Waals surface area contributed by atoms with Crippen LogP contribution in [0.3, 0.4) is 0 Å². The van der Waals surface area contributed by atoms with Crippen LogP contribution in [0.1, 0.15) is 32.3 Å². The van der Waals surface area contributed by atoms with Crippen molar-refractivity contribution in [3.8, 4) is 16.9 Å². The molecule has 1 amide bonds. The Kier molecular flexibility index (Phi) is 7.08. The van der Waals surface area contributed by atoms with Crippen LogP contribution in [-0.4, -0.2) is 16.6 Å². The second kappa shape index (κ2) is 9.30. The molecule has 0 radical (unpaired) electrons. The smallest absolute Gasteiger partial charge is 0.224 e. The van der Waals surface area contributed by atoms with E-state index in [9.17, 15) is 4.79 Å². The van der Waals surface area contributed by atoms with Gasteiger partial charge in [-0.3, -0.25) is 14.9 Å². The van der Waals surface area contributed by atoms with Crippen molar-refractivity contribution in [3.63, 3.8) is 0 Å². The van der Waals surface area contributed by atoms with E-state index in [1.165, 1.54) is 11.9 Å². The predicted octanol–water partition coefficient (Wildman–Crippen LogP) is 3.99. The average Bonchev–Trinajstić information content (AvgIpc) is 2.63. The van der Waals surface area contributed by atoms with Crippen LogP contribution in [0.2, 0.25) is 0 Å². The van der Waals surface area contributed by atoms with Crippen molar-refractivity contribution in [1.82, 2.24) is 4.98 Å². The molecule has 3 N–H and O–H groups in total. The summed E-state index contributed by atoms with van der Waals surface area (Å²) < 4.78 is 5.76. The molecule has 128 valence electrons. The Morgan fingerprint density at radius 3 is 2.96 bits per heavy atom. The van der Waals surface area contributed by atoms with Crippen LogP contribution in [0.25, 0.3) is 11.1 Å². The molecule has 0 aliphatic carbocycles. The van der Waals surface area contributed by atoms with Crippen molar-refractivity contribution in [2.75, 3.05) is 11.1 Å². The van der Waals surface area contributed by atoms with Gasteiger partial charge in [0.1, 0.15) is 12.4 Å². The number of nitrogens with zero attached hydrogens (tertiary/aromatic N) is 1. The molecule has 1 aliphatic heterocycles. The third-order valence-corrected chi connectivity index (χ3v) is 4.03. The number of carbonyl (C=O) groups excluding carboxylic acids is 1. The SMILES string of the molecule is CC.NSCCCC(=O)Nc1ccc2c(c1)OCc1cnccc1-2. The van der Waals surface area contributed by atoms with Crippen LogP contribution in [0, 0.1) is 0 Å². The van der Waals surface area contributed by atoms with Crippen molar-refractivity contribution in [3.05, 3.63) is 42.2 Å². The van der Waals surface area contributed by atoms with Gasteiger partial charge in [0.15, 0.2) is 0 Å². The Labute approximate surface area is 147 Å². The molecule has 2 aromatic rings. The van der Waals surface area contributed by atoms with E-state index in [1.807, 2.05) is 44.3 Å². The maximum absolute atomic E-state index is 11.8. The maximum atomic E-state index is 11.8. The zero-order chi connectivity index (χ0) is 17.4. The summed E-state index contributed by atoms with van der Waals surface area (Å²) in [5, 5.41) is 8.24. The molecule has 0 unspecified atom stereocenters. The number of rotatable bonds is 5. The summed E-state index contributed by atoms with van der Waals surface area (Å²) in [6, 6.07) is 7.72. The number of carbonyl (C=O) groups is 1. The van der Waals surface area contributed by atoms with Gasteiger partial charge in [-0.2, -0.15) is 0 Å². The summed E-state index contributed by atoms with van der Waals surface area (Å²) >= 11 is 1.26. The molecular weight excluding hydrogens is 322 g/mol. The van der Waals surface area contributed by atoms with Crippen LogP contribution in [0.5, 0.6) is 5.75 Å². The largest absolute Gasteiger partial charge is 0.488 e. The van der Waals surface area contributed by atoms with Gasteiger partial charge in [-0.1, -0.05) is 25.8 Å². The van der Waals surface area contributed by atoms with Crippen molar-refractivity contribution >= 4 is 23.5 Å². The van der Waals surface area contributed by atoms with Gasteiger partial charge in [0.2, 0.25) is 5.91 Å². The summed E-state index contributed by atoms with van der Waals surface area (Å²) in [5.74, 6) is 1.56. The molecule has 0 saturated carbocycles. The number of aromatic nitrogens is 1. The molecule has 0 bridgehead atoms. The van der Waals surface area contributed by atoms with Crippen molar-refractivity contribution in [2.45, 2.75) is 33.3 Å². The highest BCUT2D eigenvalue weighted by atomic mass is 32.2. The maximum Gasteiger partial charge on any atom is 0.224 e. The quantitative estimate of drug-likeness (QED) is 0.633. The zero-order valence-electron chi connectivity index (χ0n) is 14.0. The van der Waals surface area contributed by atoms with Crippen molar-refractivity contribution in [1.29, 1.82) is 0 Å². The van der Waals surface area contributed by atoms with Crippen LogP contribution >= 0.6 is 11.9 Å². The fourth-order valence-electron chi connectivity index (χ4n) is 2.44. The minimum absolute atomic E-state index is 0.00518. The summed E-state index contributed by atoms with van der Waals surface area (Å²) in [7, 11) is 0. The molecule has 3 rings (SSSR count). The Morgan fingerprint density at radius 1 is 1.33 bits per heavy atom. The number of anilines is 1. The number of ether oxygens (including phenoxy) is 1. The van der Waals surface area contributed by atoms with Crippen LogP contribution < -0.4 is 15.2 Å². The second-order valence-electron chi connectivity index (χ2n) is 5.05. The van der Waals surface area contributed by atoms with Crippen LogP contribution in [0.15, 0.2) is 36.7 Å². The van der Waals surface area contributed by atoms with Crippen LogP contribution in [0.4, 0.5) is 5.69 Å². The van der Waals surface area contributed by atoms with Crippen molar-refractivity contribution in [2.24, 2.45) is 5.14 Å². The lowest BCUT2D eigenvalue weighted by Gasteiger charge is -2.21. The first-order valence-electron chi connectivity index (χ1n) is 8.09. The number of hydrogen-bond acceptors (Lipinski definition) is 5. The number of amides is 1. The average molecular weight is 345 g/mol. The molecule has 0 spiro atoms. The minimum atomic E-state index is -0.00518. The Bertz CT molecular complexity index is 692. The monoisotopic (exact) mass is 345 g/mol. The highest BCUT2D eigenvalue weighted by Gasteiger charge is 2.17. The number of nitrogens with two attached hydrogens (primary N) is 1. The first kappa shape index (κ1) is 18.3. The molecule has 0 saturated heterocycles. The third kappa shape index (κ3) is 4.49. The Hall–Kier alpha value is -2.05. The van der Waals surface area contributed by atoms with E-state index in [0.29, 0.717) is 13.0 Å². The summed E-state index contributed by atoms with van der Waals surface area (Å²) in [4.78, 5) is 16.0. The number of benzene rings is 1. The molecule has 1 aromatic carbocycles. The van der Waals surface area contributed by atoms with E-state index < -0.39 is 0 Å². The van der Waals surface area contributed by atoms with Gasteiger partial charge >= 0.3 is 0 Å². The highest BCUT2D eigenvalue weighted by molar-refractivity contribution is 7.97. The fourth-order valence-corrected chi connectivity index (χ4v) is 2.75. The second-order valence-corrected chi connectivity index (χ2v) is 5.80. The van der Waals surface area contributed by atoms with Gasteiger partial charge in [-0.25, -0.2) is 0 Å². The lowest BCUT2D eigenvalue weighted by atomic mass is 9.98. The molecule has 1 aromatic heterocycles. The lowest BCUT2D eigenvalue weighted by molar-refractivity contribution is -0.116. The topological polar surface area (TPSA) is 77.2 Å². The van der Waals surface area contributed by atoms with Gasteiger partial charge < -0.3 is 10.1 Å². The van der Waals surface area contributed by atoms with E-state index in [-0.39, 0.29) is 5.91 Å². The summed E-state index contributed by atoms with van der Waals surface area (Å²) in [5.41, 5.74) is 3.99. The first-order valence-corrected chi connectivity index (χ1v) is 9.14. The van der Waals surface area contributed by atoms with Gasteiger partial charge in [0.05, 0.1) is 0 Å². The Balaban J connectivity index is 0.00000100. The van der Waals surface area contributed by atoms with Gasteiger partial charge in [-0.15, -0.1) is 0 Å². The summed E-state index contributed by atoms with van der Waals surface area (Å²) in [6.07, 6.45) is 4.84. The van der Waals surface area contributed by atoms with E-state index >= 15 is 0 Å². The number of hydrogen-bond donors (Lipinski definition) is 2. The highest BCUT2D eigenvalue weighted by Crippen LogP contribution is 2.38. The van der Waals surface area contributed by atoms with E-state index in [4.69, 9.17) is 9.88 Å². The molecule has 0 fully saturated rings. The number of fused-ring (bicyclic) bond motifs is 3. The fraction of sp³-hybridized carbons (Fsp3) is 0.333. The molecule has 6 heteroatoms. The molecule has 2 heterocycles. The standard InChI is InChI=1S/C16H17N3O2S.C2H6/c17-22-7-1-2-16(20)19-12-3-4-14-13-5-6-18-9-11(13)10-21-15(14)8-12;1-2/h3-6,8-9H,1-2,7,10,17H2,(H,19,20);1-2H3. The van der Waals surface area contributed by atoms with Crippen molar-refractivity contribution < 1.29 is 9.53 Å². The zero-order valence-corrected chi connectivity index (χ0v) is 14.9. The molecule has 0 atom stereocenters. The van der Waals surface area contributed by atoms with E-state index in [0.717, 1.165) is 40.3 Å². The number of nitrogens with one attached hydrogen (secondary N) is 1. The summed E-state index contributed by atoms with van der Waals surface area (Å²) in [6.45, 7) is 4.50. The first-order chi connectivity index (χ1) is 11.8. The minimum Gasteiger partial charge on any atom is -0.488 e.